The van der Waals surface area contributed by atoms with Gasteiger partial charge in [0.05, 0.1) is 11.2 Å². The van der Waals surface area contributed by atoms with E-state index in [4.69, 9.17) is 0 Å². The molecule has 0 fully saturated rings. The van der Waals surface area contributed by atoms with Crippen LogP contribution in [0.15, 0.2) is 24.3 Å². The lowest BCUT2D eigenvalue weighted by Gasteiger charge is -2.23. The minimum absolute atomic E-state index is 0.344. The lowest BCUT2D eigenvalue weighted by atomic mass is 9.93. The van der Waals surface area contributed by atoms with Crippen LogP contribution >= 0.6 is 0 Å². The molecule has 0 heterocycles. The van der Waals surface area contributed by atoms with Gasteiger partial charge in [0.15, 0.2) is 0 Å². The summed E-state index contributed by atoms with van der Waals surface area (Å²) < 4.78 is 37.2. The fourth-order valence-electron chi connectivity index (χ4n) is 1.87. The molecule has 0 saturated carbocycles. The number of aliphatic hydroxyl groups is 1. The van der Waals surface area contributed by atoms with Crippen molar-refractivity contribution < 1.29 is 18.3 Å². The highest BCUT2D eigenvalue weighted by Gasteiger charge is 2.30. The standard InChI is InChI=1S/C14H20F3NO/c1-3-18-9-8-13(2,19)10-11-4-6-12(7-5-11)14(15,16)17/h4-7,18-19H,3,8-10H2,1-2H3. The third kappa shape index (κ3) is 5.61. The largest absolute Gasteiger partial charge is 0.416 e. The smallest absolute Gasteiger partial charge is 0.390 e. The molecule has 0 aliphatic carbocycles. The summed E-state index contributed by atoms with van der Waals surface area (Å²) in [6, 6.07) is 4.94. The van der Waals surface area contributed by atoms with Gasteiger partial charge >= 0.3 is 6.18 Å². The van der Waals surface area contributed by atoms with E-state index < -0.39 is 17.3 Å². The second-order valence-electron chi connectivity index (χ2n) is 4.97. The Hall–Kier alpha value is -1.07. The second-order valence-corrected chi connectivity index (χ2v) is 4.97. The molecule has 0 aliphatic rings. The van der Waals surface area contributed by atoms with Gasteiger partial charge in [0.1, 0.15) is 0 Å². The predicted octanol–water partition coefficient (Wildman–Crippen LogP) is 3.00. The quantitative estimate of drug-likeness (QED) is 0.782. The number of hydrogen-bond donors (Lipinski definition) is 2. The zero-order chi connectivity index (χ0) is 14.5. The first kappa shape index (κ1) is 16.0. The summed E-state index contributed by atoms with van der Waals surface area (Å²) in [6.07, 6.45) is -3.41. The summed E-state index contributed by atoms with van der Waals surface area (Å²) in [4.78, 5) is 0. The zero-order valence-electron chi connectivity index (χ0n) is 11.2. The highest BCUT2D eigenvalue weighted by molar-refractivity contribution is 5.25. The molecule has 1 rings (SSSR count). The molecule has 1 atom stereocenters. The number of rotatable bonds is 6. The molecule has 2 nitrogen and oxygen atoms in total. The summed E-state index contributed by atoms with van der Waals surface area (Å²) >= 11 is 0. The highest BCUT2D eigenvalue weighted by Crippen LogP contribution is 2.29. The molecule has 0 aliphatic heterocycles. The van der Waals surface area contributed by atoms with Gasteiger partial charge in [-0.25, -0.2) is 0 Å². The van der Waals surface area contributed by atoms with Crippen LogP contribution in [0, 0.1) is 0 Å². The van der Waals surface area contributed by atoms with E-state index in [-0.39, 0.29) is 0 Å². The van der Waals surface area contributed by atoms with Crippen LogP contribution in [-0.4, -0.2) is 23.8 Å². The van der Waals surface area contributed by atoms with Crippen molar-refractivity contribution in [2.24, 2.45) is 0 Å². The van der Waals surface area contributed by atoms with Crippen LogP contribution in [0.1, 0.15) is 31.4 Å². The topological polar surface area (TPSA) is 32.3 Å². The Morgan fingerprint density at radius 3 is 2.21 bits per heavy atom. The van der Waals surface area contributed by atoms with Gasteiger partial charge in [0.25, 0.3) is 0 Å². The van der Waals surface area contributed by atoms with Crippen molar-refractivity contribution in [2.75, 3.05) is 13.1 Å². The average Bonchev–Trinajstić information content (AvgIpc) is 2.28. The van der Waals surface area contributed by atoms with E-state index in [1.165, 1.54) is 12.1 Å². The molecule has 108 valence electrons. The Morgan fingerprint density at radius 1 is 1.16 bits per heavy atom. The monoisotopic (exact) mass is 275 g/mol. The van der Waals surface area contributed by atoms with Gasteiger partial charge in [0.2, 0.25) is 0 Å². The second kappa shape index (κ2) is 6.39. The van der Waals surface area contributed by atoms with Crippen LogP contribution in [0.5, 0.6) is 0 Å². The maximum Gasteiger partial charge on any atom is 0.416 e. The van der Waals surface area contributed by atoms with Crippen molar-refractivity contribution in [3.63, 3.8) is 0 Å². The zero-order valence-corrected chi connectivity index (χ0v) is 11.2. The van der Waals surface area contributed by atoms with Gasteiger partial charge in [-0.1, -0.05) is 19.1 Å². The van der Waals surface area contributed by atoms with Crippen LogP contribution in [0.2, 0.25) is 0 Å². The number of benzene rings is 1. The van der Waals surface area contributed by atoms with Gasteiger partial charge in [-0.2, -0.15) is 13.2 Å². The molecule has 0 bridgehead atoms. The summed E-state index contributed by atoms with van der Waals surface area (Å²) in [7, 11) is 0. The molecule has 5 heteroatoms. The molecule has 19 heavy (non-hydrogen) atoms. The van der Waals surface area contributed by atoms with E-state index in [0.29, 0.717) is 24.9 Å². The van der Waals surface area contributed by atoms with Crippen LogP contribution in [0.3, 0.4) is 0 Å². The van der Waals surface area contributed by atoms with Crippen LogP contribution < -0.4 is 5.32 Å². The van der Waals surface area contributed by atoms with Crippen LogP contribution in [0.4, 0.5) is 13.2 Å². The highest BCUT2D eigenvalue weighted by atomic mass is 19.4. The maximum atomic E-state index is 12.4. The van der Waals surface area contributed by atoms with Crippen LogP contribution in [0.25, 0.3) is 0 Å². The molecular weight excluding hydrogens is 255 g/mol. The first-order valence-corrected chi connectivity index (χ1v) is 6.34. The summed E-state index contributed by atoms with van der Waals surface area (Å²) in [5.41, 5.74) is -0.875. The maximum absolute atomic E-state index is 12.4. The van der Waals surface area contributed by atoms with Crippen molar-refractivity contribution in [3.8, 4) is 0 Å². The Balaban J connectivity index is 2.62. The average molecular weight is 275 g/mol. The van der Waals surface area contributed by atoms with E-state index in [9.17, 15) is 18.3 Å². The molecule has 1 aromatic rings. The summed E-state index contributed by atoms with van der Waals surface area (Å²) in [5, 5.41) is 13.3. The molecule has 0 aromatic heterocycles. The third-order valence-electron chi connectivity index (χ3n) is 2.96. The van der Waals surface area contributed by atoms with E-state index >= 15 is 0 Å². The number of halogens is 3. The van der Waals surface area contributed by atoms with E-state index in [1.807, 2.05) is 6.92 Å². The van der Waals surface area contributed by atoms with Crippen molar-refractivity contribution in [2.45, 2.75) is 38.5 Å². The SMILES string of the molecule is CCNCCC(C)(O)Cc1ccc(C(F)(F)F)cc1. The fraction of sp³-hybridized carbons (Fsp3) is 0.571. The Morgan fingerprint density at radius 2 is 1.74 bits per heavy atom. The minimum Gasteiger partial charge on any atom is -0.390 e. The number of alkyl halides is 3. The van der Waals surface area contributed by atoms with Gasteiger partial charge in [-0.05, 0) is 44.1 Å². The Labute approximate surface area is 111 Å². The molecule has 0 radical (unpaired) electrons. The predicted molar refractivity (Wildman–Crippen MR) is 68.9 cm³/mol. The molecule has 1 aromatic carbocycles. The number of nitrogens with one attached hydrogen (secondary N) is 1. The lowest BCUT2D eigenvalue weighted by molar-refractivity contribution is -0.137. The van der Waals surface area contributed by atoms with Crippen LogP contribution in [-0.2, 0) is 12.6 Å². The Bertz CT molecular complexity index is 385. The van der Waals surface area contributed by atoms with Crippen molar-refractivity contribution in [1.29, 1.82) is 0 Å². The molecule has 2 N–H and O–H groups in total. The molecule has 0 spiro atoms. The van der Waals surface area contributed by atoms with Crippen molar-refractivity contribution >= 4 is 0 Å². The van der Waals surface area contributed by atoms with Gasteiger partial charge < -0.3 is 10.4 Å². The van der Waals surface area contributed by atoms with Gasteiger partial charge in [-0.15, -0.1) is 0 Å². The molecule has 0 amide bonds. The van der Waals surface area contributed by atoms with E-state index in [1.54, 1.807) is 6.92 Å². The fourth-order valence-corrected chi connectivity index (χ4v) is 1.87. The third-order valence-corrected chi connectivity index (χ3v) is 2.96. The first-order valence-electron chi connectivity index (χ1n) is 6.34. The van der Waals surface area contributed by atoms with Gasteiger partial charge in [0, 0.05) is 6.42 Å². The lowest BCUT2D eigenvalue weighted by Crippen LogP contribution is -2.32. The summed E-state index contributed by atoms with van der Waals surface area (Å²) in [6.45, 7) is 5.19. The Kier molecular flexibility index (Phi) is 5.38. The minimum atomic E-state index is -4.31. The summed E-state index contributed by atoms with van der Waals surface area (Å²) in [5.74, 6) is 0. The molecule has 0 saturated heterocycles. The van der Waals surface area contributed by atoms with Crippen molar-refractivity contribution in [1.82, 2.24) is 5.32 Å². The van der Waals surface area contributed by atoms with E-state index in [2.05, 4.69) is 5.32 Å². The van der Waals surface area contributed by atoms with Crippen molar-refractivity contribution in [3.05, 3.63) is 35.4 Å². The van der Waals surface area contributed by atoms with E-state index in [0.717, 1.165) is 18.7 Å². The normalized spacial score (nSPS) is 15.3. The number of hydrogen-bond acceptors (Lipinski definition) is 2. The molecular formula is C14H20F3NO. The molecule has 1 unspecified atom stereocenters. The first-order chi connectivity index (χ1) is 8.74. The van der Waals surface area contributed by atoms with Gasteiger partial charge in [-0.3, -0.25) is 0 Å².